The first-order chi connectivity index (χ1) is 15.2. The highest BCUT2D eigenvalue weighted by atomic mass is 32.2. The molecule has 1 aliphatic rings. The summed E-state index contributed by atoms with van der Waals surface area (Å²) in [4.78, 5) is 0.647. The van der Waals surface area contributed by atoms with Gasteiger partial charge in [-0.2, -0.15) is 31.6 Å². The number of anilines is 1. The van der Waals surface area contributed by atoms with Gasteiger partial charge in [0, 0.05) is 11.9 Å². The maximum atomic E-state index is 13.5. The quantitative estimate of drug-likeness (QED) is 0.581. The molecule has 1 heterocycles. The van der Waals surface area contributed by atoms with Crippen LogP contribution in [0.25, 0.3) is 0 Å². The summed E-state index contributed by atoms with van der Waals surface area (Å²) in [5.41, 5.74) is -2.48. The number of ether oxygens (including phenoxy) is 2. The Hall–Kier alpha value is -2.98. The molecule has 0 amide bonds. The van der Waals surface area contributed by atoms with Crippen molar-refractivity contribution < 1.29 is 44.2 Å². The molecule has 0 aliphatic carbocycles. The highest BCUT2D eigenvalue weighted by Gasteiger charge is 2.51. The molecule has 1 fully saturated rings. The first kappa shape index (κ1) is 24.7. The molecule has 0 aromatic heterocycles. The molecule has 3 rings (SSSR count). The summed E-state index contributed by atoms with van der Waals surface area (Å²) >= 11 is 0. The summed E-state index contributed by atoms with van der Waals surface area (Å²) in [6, 6.07) is 8.81. The number of hydrogen-bond acceptors (Lipinski definition) is 6. The fraction of sp³-hybridized carbons (Fsp3) is 0.350. The lowest BCUT2D eigenvalue weighted by Crippen LogP contribution is -2.42. The third-order valence-electron chi connectivity index (χ3n) is 4.73. The van der Waals surface area contributed by atoms with Gasteiger partial charge >= 0.3 is 12.4 Å². The summed E-state index contributed by atoms with van der Waals surface area (Å²) in [5.74, 6) is 0.172. The van der Waals surface area contributed by atoms with Crippen LogP contribution in [0.1, 0.15) is 11.1 Å². The molecule has 0 spiro atoms. The Balaban J connectivity index is 1.80. The SMILES string of the molecule is CS(=O)(=O)c1ccc(OCC2CN(c3ccc(C#N)c(C(F)(F)F)c3)C(C(F)(F)F)O2)cc1. The number of halogens is 6. The zero-order valence-corrected chi connectivity index (χ0v) is 17.6. The number of hydrogen-bond donors (Lipinski definition) is 0. The smallest absolute Gasteiger partial charge is 0.433 e. The Labute approximate surface area is 184 Å². The molecular formula is C20H16F6N2O4S. The van der Waals surface area contributed by atoms with E-state index in [2.05, 4.69) is 0 Å². The number of nitrogens with zero attached hydrogens (tertiary/aromatic N) is 2. The van der Waals surface area contributed by atoms with Crippen molar-refractivity contribution in [1.82, 2.24) is 0 Å². The van der Waals surface area contributed by atoms with Gasteiger partial charge in [-0.1, -0.05) is 0 Å². The maximum absolute atomic E-state index is 13.5. The van der Waals surface area contributed by atoms with E-state index in [0.717, 1.165) is 18.4 Å². The van der Waals surface area contributed by atoms with Crippen LogP contribution in [-0.4, -0.2) is 46.3 Å². The molecule has 2 atom stereocenters. The fourth-order valence-corrected chi connectivity index (χ4v) is 3.85. The van der Waals surface area contributed by atoms with Gasteiger partial charge in [0.15, 0.2) is 9.84 Å². The molecule has 6 nitrogen and oxygen atoms in total. The van der Waals surface area contributed by atoms with Crippen LogP contribution in [0, 0.1) is 11.3 Å². The third-order valence-corrected chi connectivity index (χ3v) is 5.86. The molecular weight excluding hydrogens is 478 g/mol. The largest absolute Gasteiger partial charge is 0.491 e. The second-order valence-electron chi connectivity index (χ2n) is 7.20. The standard InChI is InChI=1S/C20H16F6N2O4S/c1-33(29,30)16-6-4-14(5-7-16)31-11-15-10-28(18(32-15)20(24,25)26)13-3-2-12(9-27)17(8-13)19(21,22)23/h2-8,15,18H,10-11H2,1H3. The molecule has 33 heavy (non-hydrogen) atoms. The van der Waals surface area contributed by atoms with Gasteiger partial charge in [-0.3, -0.25) is 0 Å². The predicted octanol–water partition coefficient (Wildman–Crippen LogP) is 4.15. The molecule has 0 radical (unpaired) electrons. The number of nitriles is 1. The monoisotopic (exact) mass is 494 g/mol. The van der Waals surface area contributed by atoms with Crippen LogP contribution >= 0.6 is 0 Å². The fourth-order valence-electron chi connectivity index (χ4n) is 3.22. The third kappa shape index (κ3) is 5.69. The van der Waals surface area contributed by atoms with Gasteiger partial charge < -0.3 is 14.4 Å². The topological polar surface area (TPSA) is 79.6 Å². The van der Waals surface area contributed by atoms with Gasteiger partial charge in [-0.05, 0) is 42.5 Å². The molecule has 1 aliphatic heterocycles. The van der Waals surface area contributed by atoms with E-state index < -0.39 is 57.9 Å². The first-order valence-corrected chi connectivity index (χ1v) is 11.1. The molecule has 2 aromatic rings. The Morgan fingerprint density at radius 2 is 1.76 bits per heavy atom. The van der Waals surface area contributed by atoms with E-state index in [9.17, 15) is 34.8 Å². The van der Waals surface area contributed by atoms with Crippen LogP contribution < -0.4 is 9.64 Å². The van der Waals surface area contributed by atoms with Crippen LogP contribution in [-0.2, 0) is 20.8 Å². The predicted molar refractivity (Wildman–Crippen MR) is 103 cm³/mol. The summed E-state index contributed by atoms with van der Waals surface area (Å²) in [6.07, 6.45) is -12.5. The van der Waals surface area contributed by atoms with Crippen molar-refractivity contribution in [3.63, 3.8) is 0 Å². The van der Waals surface area contributed by atoms with Crippen LogP contribution in [0.3, 0.4) is 0 Å². The molecule has 0 N–H and O–H groups in total. The first-order valence-electron chi connectivity index (χ1n) is 9.23. The Kier molecular flexibility index (Phi) is 6.54. The highest BCUT2D eigenvalue weighted by Crippen LogP contribution is 2.39. The van der Waals surface area contributed by atoms with Crippen molar-refractivity contribution in [2.45, 2.75) is 29.6 Å². The van der Waals surface area contributed by atoms with Crippen molar-refractivity contribution >= 4 is 15.5 Å². The summed E-state index contributed by atoms with van der Waals surface area (Å²) in [5, 5.41) is 8.88. The van der Waals surface area contributed by atoms with Crippen LogP contribution in [0.15, 0.2) is 47.4 Å². The van der Waals surface area contributed by atoms with E-state index in [4.69, 9.17) is 14.7 Å². The molecule has 13 heteroatoms. The van der Waals surface area contributed by atoms with Gasteiger partial charge in [0.1, 0.15) is 18.5 Å². The molecule has 1 saturated heterocycles. The number of rotatable bonds is 5. The zero-order chi connectivity index (χ0) is 24.6. The summed E-state index contributed by atoms with van der Waals surface area (Å²) in [7, 11) is -3.44. The lowest BCUT2D eigenvalue weighted by molar-refractivity contribution is -0.215. The molecule has 178 valence electrons. The minimum atomic E-state index is -4.93. The molecule has 2 aromatic carbocycles. The van der Waals surface area contributed by atoms with Gasteiger partial charge in [-0.25, -0.2) is 8.42 Å². The van der Waals surface area contributed by atoms with Crippen LogP contribution in [0.5, 0.6) is 5.75 Å². The minimum absolute atomic E-state index is 0.0246. The van der Waals surface area contributed by atoms with Crippen molar-refractivity contribution in [1.29, 1.82) is 5.26 Å². The Bertz CT molecular complexity index is 1160. The zero-order valence-electron chi connectivity index (χ0n) is 16.8. The van der Waals surface area contributed by atoms with E-state index in [0.29, 0.717) is 11.0 Å². The molecule has 0 saturated carbocycles. The molecule has 0 bridgehead atoms. The van der Waals surface area contributed by atoms with Gasteiger partial charge in [0.25, 0.3) is 0 Å². The second-order valence-corrected chi connectivity index (χ2v) is 9.21. The van der Waals surface area contributed by atoms with E-state index in [1.165, 1.54) is 30.3 Å². The summed E-state index contributed by atoms with van der Waals surface area (Å²) in [6.45, 7) is -0.807. The van der Waals surface area contributed by atoms with E-state index in [1.54, 1.807) is 0 Å². The lowest BCUT2D eigenvalue weighted by atomic mass is 10.1. The van der Waals surface area contributed by atoms with E-state index in [-0.39, 0.29) is 17.3 Å². The Morgan fingerprint density at radius 1 is 1.12 bits per heavy atom. The average Bonchev–Trinajstić information content (AvgIpc) is 3.16. The van der Waals surface area contributed by atoms with Crippen molar-refractivity contribution in [2.75, 3.05) is 24.3 Å². The number of benzene rings is 2. The van der Waals surface area contributed by atoms with Gasteiger partial charge in [0.2, 0.25) is 6.23 Å². The minimum Gasteiger partial charge on any atom is -0.491 e. The summed E-state index contributed by atoms with van der Waals surface area (Å²) < 4.78 is 114. The lowest BCUT2D eigenvalue weighted by Gasteiger charge is -2.27. The number of alkyl halides is 6. The highest BCUT2D eigenvalue weighted by molar-refractivity contribution is 7.90. The normalized spacial score (nSPS) is 19.4. The van der Waals surface area contributed by atoms with Crippen LogP contribution in [0.2, 0.25) is 0 Å². The van der Waals surface area contributed by atoms with Crippen molar-refractivity contribution in [3.8, 4) is 11.8 Å². The van der Waals surface area contributed by atoms with E-state index >= 15 is 0 Å². The van der Waals surface area contributed by atoms with Crippen LogP contribution in [0.4, 0.5) is 32.0 Å². The van der Waals surface area contributed by atoms with Crippen molar-refractivity contribution in [2.24, 2.45) is 0 Å². The second kappa shape index (κ2) is 8.75. The van der Waals surface area contributed by atoms with Crippen molar-refractivity contribution in [3.05, 3.63) is 53.6 Å². The van der Waals surface area contributed by atoms with Gasteiger partial charge in [-0.15, -0.1) is 0 Å². The maximum Gasteiger partial charge on any atom is 0.433 e. The molecule has 2 unspecified atom stereocenters. The van der Waals surface area contributed by atoms with E-state index in [1.807, 2.05) is 0 Å². The average molecular weight is 494 g/mol. The number of sulfone groups is 1. The Morgan fingerprint density at radius 3 is 2.27 bits per heavy atom. The van der Waals surface area contributed by atoms with Gasteiger partial charge in [0.05, 0.1) is 28.6 Å².